The summed E-state index contributed by atoms with van der Waals surface area (Å²) in [7, 11) is 1.57. The van der Waals surface area contributed by atoms with Crippen molar-refractivity contribution in [3.05, 3.63) is 41.8 Å². The third-order valence-electron chi connectivity index (χ3n) is 3.47. The number of para-hydroxylation sites is 2. The predicted octanol–water partition coefficient (Wildman–Crippen LogP) is 1.65. The van der Waals surface area contributed by atoms with Crippen LogP contribution >= 0.6 is 0 Å². The van der Waals surface area contributed by atoms with Crippen LogP contribution in [0, 0.1) is 0 Å². The van der Waals surface area contributed by atoms with E-state index in [-0.39, 0.29) is 12.5 Å². The Morgan fingerprint density at radius 2 is 2.19 bits per heavy atom. The summed E-state index contributed by atoms with van der Waals surface area (Å²) in [5.41, 5.74) is 0.965. The zero-order chi connectivity index (χ0) is 14.7. The van der Waals surface area contributed by atoms with Crippen LogP contribution in [-0.2, 0) is 17.8 Å². The minimum Gasteiger partial charge on any atom is -0.493 e. The fourth-order valence-electron chi connectivity index (χ4n) is 2.32. The Hall–Kier alpha value is -2.50. The second kappa shape index (κ2) is 5.87. The van der Waals surface area contributed by atoms with E-state index in [0.717, 1.165) is 11.3 Å². The zero-order valence-corrected chi connectivity index (χ0v) is 11.7. The molecule has 0 spiro atoms. The van der Waals surface area contributed by atoms with Gasteiger partial charge in [0.15, 0.2) is 18.1 Å². The van der Waals surface area contributed by atoms with Crippen LogP contribution in [0.1, 0.15) is 11.3 Å². The van der Waals surface area contributed by atoms with E-state index in [1.54, 1.807) is 30.3 Å². The molecule has 0 atom stereocenters. The average Bonchev–Trinajstić information content (AvgIpc) is 3.00. The van der Waals surface area contributed by atoms with Crippen LogP contribution in [0.5, 0.6) is 11.5 Å². The highest BCUT2D eigenvalue weighted by Crippen LogP contribution is 2.26. The average molecular weight is 288 g/mol. The summed E-state index contributed by atoms with van der Waals surface area (Å²) in [4.78, 5) is 14.0. The van der Waals surface area contributed by atoms with E-state index in [2.05, 4.69) is 5.16 Å². The number of hydrogen-bond donors (Lipinski definition) is 0. The Kier molecular flexibility index (Phi) is 3.77. The van der Waals surface area contributed by atoms with Crippen molar-refractivity contribution in [3.8, 4) is 11.5 Å². The number of carbonyl (C=O) groups excluding carboxylic acids is 1. The maximum absolute atomic E-state index is 12.2. The third-order valence-corrected chi connectivity index (χ3v) is 3.47. The monoisotopic (exact) mass is 288 g/mol. The van der Waals surface area contributed by atoms with E-state index in [1.165, 1.54) is 0 Å². The topological polar surface area (TPSA) is 64.8 Å². The molecule has 0 bridgehead atoms. The molecule has 0 saturated heterocycles. The minimum atomic E-state index is -0.0623. The molecule has 1 aliphatic rings. The molecule has 1 aromatic carbocycles. The van der Waals surface area contributed by atoms with Crippen LogP contribution in [0.4, 0.5) is 0 Å². The van der Waals surface area contributed by atoms with Crippen molar-refractivity contribution >= 4 is 5.91 Å². The molecule has 0 saturated carbocycles. The van der Waals surface area contributed by atoms with Gasteiger partial charge in [0, 0.05) is 18.5 Å². The second-order valence-electron chi connectivity index (χ2n) is 4.78. The van der Waals surface area contributed by atoms with Gasteiger partial charge in [-0.3, -0.25) is 4.79 Å². The summed E-state index contributed by atoms with van der Waals surface area (Å²) >= 11 is 0. The van der Waals surface area contributed by atoms with Crippen molar-refractivity contribution in [2.24, 2.45) is 0 Å². The molecule has 0 radical (unpaired) electrons. The zero-order valence-electron chi connectivity index (χ0n) is 11.7. The molecular formula is C15H16N2O4. The third kappa shape index (κ3) is 2.84. The van der Waals surface area contributed by atoms with E-state index in [0.29, 0.717) is 31.0 Å². The van der Waals surface area contributed by atoms with Gasteiger partial charge in [0.25, 0.3) is 5.91 Å². The van der Waals surface area contributed by atoms with Gasteiger partial charge in [-0.15, -0.1) is 0 Å². The normalized spacial score (nSPS) is 13.7. The molecule has 0 N–H and O–H groups in total. The van der Waals surface area contributed by atoms with Gasteiger partial charge in [-0.25, -0.2) is 0 Å². The number of amides is 1. The fraction of sp³-hybridized carbons (Fsp3) is 0.333. The van der Waals surface area contributed by atoms with Gasteiger partial charge in [0.1, 0.15) is 5.76 Å². The summed E-state index contributed by atoms with van der Waals surface area (Å²) in [6.45, 7) is 1.13. The van der Waals surface area contributed by atoms with Crippen molar-refractivity contribution in [1.82, 2.24) is 10.1 Å². The molecule has 1 aliphatic heterocycles. The Balaban J connectivity index is 1.60. The number of carbonyl (C=O) groups is 1. The highest BCUT2D eigenvalue weighted by Gasteiger charge is 2.23. The number of aromatic nitrogens is 1. The van der Waals surface area contributed by atoms with Crippen LogP contribution in [0.2, 0.25) is 0 Å². The summed E-state index contributed by atoms with van der Waals surface area (Å²) in [5, 5.41) is 3.75. The Morgan fingerprint density at radius 1 is 1.38 bits per heavy atom. The standard InChI is InChI=1S/C15H16N2O4/c1-19-13-4-2-3-5-14(13)20-10-15(18)17-7-6-12-11(9-17)8-16-21-12/h2-5,8H,6-7,9-10H2,1H3. The van der Waals surface area contributed by atoms with E-state index in [1.807, 2.05) is 12.1 Å². The van der Waals surface area contributed by atoms with Crippen LogP contribution in [0.3, 0.4) is 0 Å². The minimum absolute atomic E-state index is 0.0129. The molecular weight excluding hydrogens is 272 g/mol. The van der Waals surface area contributed by atoms with Gasteiger partial charge in [-0.1, -0.05) is 17.3 Å². The quantitative estimate of drug-likeness (QED) is 0.856. The molecule has 3 rings (SSSR count). The highest BCUT2D eigenvalue weighted by atomic mass is 16.5. The Labute approximate surface area is 122 Å². The second-order valence-corrected chi connectivity index (χ2v) is 4.78. The number of rotatable bonds is 4. The number of benzene rings is 1. The van der Waals surface area contributed by atoms with Crippen molar-refractivity contribution in [1.29, 1.82) is 0 Å². The first-order chi connectivity index (χ1) is 10.3. The van der Waals surface area contributed by atoms with E-state index in [4.69, 9.17) is 14.0 Å². The van der Waals surface area contributed by atoms with Crippen molar-refractivity contribution < 1.29 is 18.8 Å². The molecule has 1 amide bonds. The number of fused-ring (bicyclic) bond motifs is 1. The van der Waals surface area contributed by atoms with E-state index < -0.39 is 0 Å². The number of ether oxygens (including phenoxy) is 2. The summed E-state index contributed by atoms with van der Waals surface area (Å²) in [6, 6.07) is 7.27. The van der Waals surface area contributed by atoms with Crippen molar-refractivity contribution in [2.45, 2.75) is 13.0 Å². The van der Waals surface area contributed by atoms with Gasteiger partial charge in [-0.2, -0.15) is 0 Å². The molecule has 6 nitrogen and oxygen atoms in total. The first-order valence-electron chi connectivity index (χ1n) is 6.74. The molecule has 2 heterocycles. The lowest BCUT2D eigenvalue weighted by Gasteiger charge is -2.25. The number of hydrogen-bond acceptors (Lipinski definition) is 5. The van der Waals surface area contributed by atoms with Crippen LogP contribution < -0.4 is 9.47 Å². The first kappa shape index (κ1) is 13.5. The maximum atomic E-state index is 12.2. The summed E-state index contributed by atoms with van der Waals surface area (Å²) in [6.07, 6.45) is 2.35. The molecule has 2 aromatic rings. The fourth-order valence-corrected chi connectivity index (χ4v) is 2.32. The molecule has 21 heavy (non-hydrogen) atoms. The van der Waals surface area contributed by atoms with Gasteiger partial charge in [-0.05, 0) is 12.1 Å². The molecule has 110 valence electrons. The van der Waals surface area contributed by atoms with Gasteiger partial charge >= 0.3 is 0 Å². The SMILES string of the molecule is COc1ccccc1OCC(=O)N1CCc2oncc2C1. The van der Waals surface area contributed by atoms with Gasteiger partial charge in [0.05, 0.1) is 19.9 Å². The smallest absolute Gasteiger partial charge is 0.260 e. The van der Waals surface area contributed by atoms with E-state index >= 15 is 0 Å². The first-order valence-corrected chi connectivity index (χ1v) is 6.74. The van der Waals surface area contributed by atoms with Crippen molar-refractivity contribution in [3.63, 3.8) is 0 Å². The summed E-state index contributed by atoms with van der Waals surface area (Å²) in [5.74, 6) is 1.98. The van der Waals surface area contributed by atoms with E-state index in [9.17, 15) is 4.79 Å². The van der Waals surface area contributed by atoms with Crippen LogP contribution in [-0.4, -0.2) is 36.2 Å². The Bertz CT molecular complexity index is 638. The van der Waals surface area contributed by atoms with Gasteiger partial charge < -0.3 is 18.9 Å². The largest absolute Gasteiger partial charge is 0.493 e. The maximum Gasteiger partial charge on any atom is 0.260 e. The summed E-state index contributed by atoms with van der Waals surface area (Å²) < 4.78 is 15.9. The predicted molar refractivity (Wildman–Crippen MR) is 74.1 cm³/mol. The lowest BCUT2D eigenvalue weighted by atomic mass is 10.1. The molecule has 0 unspecified atom stereocenters. The van der Waals surface area contributed by atoms with Crippen LogP contribution in [0.15, 0.2) is 35.0 Å². The number of methoxy groups -OCH3 is 1. The molecule has 1 aromatic heterocycles. The van der Waals surface area contributed by atoms with Crippen LogP contribution in [0.25, 0.3) is 0 Å². The number of nitrogens with zero attached hydrogens (tertiary/aromatic N) is 2. The highest BCUT2D eigenvalue weighted by molar-refractivity contribution is 5.78. The van der Waals surface area contributed by atoms with Gasteiger partial charge in [0.2, 0.25) is 0 Å². The molecule has 0 fully saturated rings. The molecule has 0 aliphatic carbocycles. The Morgan fingerprint density at radius 3 is 3.00 bits per heavy atom. The van der Waals surface area contributed by atoms with Crippen molar-refractivity contribution in [2.75, 3.05) is 20.3 Å². The lowest BCUT2D eigenvalue weighted by Crippen LogP contribution is -2.38. The lowest BCUT2D eigenvalue weighted by molar-refractivity contribution is -0.134. The molecule has 6 heteroatoms.